The molecule has 100 valence electrons. The largest absolute Gasteiger partial charge is 0.378 e. The van der Waals surface area contributed by atoms with Gasteiger partial charge in [-0.2, -0.15) is 5.26 Å². The summed E-state index contributed by atoms with van der Waals surface area (Å²) < 4.78 is 5.73. The molecule has 3 nitrogen and oxygen atoms in total. The van der Waals surface area contributed by atoms with Crippen molar-refractivity contribution in [3.8, 4) is 6.07 Å². The van der Waals surface area contributed by atoms with Gasteiger partial charge in [-0.3, -0.25) is 5.32 Å². The van der Waals surface area contributed by atoms with E-state index in [1.54, 1.807) is 0 Å². The van der Waals surface area contributed by atoms with Crippen molar-refractivity contribution >= 4 is 0 Å². The van der Waals surface area contributed by atoms with Gasteiger partial charge in [0, 0.05) is 19.1 Å². The lowest BCUT2D eigenvalue weighted by atomic mass is 9.95. The summed E-state index contributed by atoms with van der Waals surface area (Å²) in [5, 5.41) is 12.5. The number of rotatable bonds is 9. The highest BCUT2D eigenvalue weighted by molar-refractivity contribution is 5.05. The Kier molecular flexibility index (Phi) is 8.20. The van der Waals surface area contributed by atoms with Gasteiger partial charge in [0.25, 0.3) is 0 Å². The number of hydrogen-bond donors (Lipinski definition) is 1. The Balaban J connectivity index is 3.98. The minimum atomic E-state index is -0.488. The molecule has 2 unspecified atom stereocenters. The average Bonchev–Trinajstić information content (AvgIpc) is 2.23. The molecule has 17 heavy (non-hydrogen) atoms. The van der Waals surface area contributed by atoms with E-state index in [-0.39, 0.29) is 6.10 Å². The zero-order valence-electron chi connectivity index (χ0n) is 12.0. The maximum absolute atomic E-state index is 9.22. The summed E-state index contributed by atoms with van der Waals surface area (Å²) in [7, 11) is 0. The summed E-state index contributed by atoms with van der Waals surface area (Å²) in [4.78, 5) is 0. The summed E-state index contributed by atoms with van der Waals surface area (Å²) >= 11 is 0. The van der Waals surface area contributed by atoms with Crippen LogP contribution in [0.5, 0.6) is 0 Å². The lowest BCUT2D eigenvalue weighted by Crippen LogP contribution is -2.47. The van der Waals surface area contributed by atoms with Gasteiger partial charge in [0.15, 0.2) is 0 Å². The molecule has 0 saturated carbocycles. The fraction of sp³-hybridized carbons (Fsp3) is 0.929. The van der Waals surface area contributed by atoms with E-state index in [1.165, 1.54) is 12.8 Å². The molecule has 0 rings (SSSR count). The van der Waals surface area contributed by atoms with Crippen LogP contribution in [-0.4, -0.2) is 24.3 Å². The van der Waals surface area contributed by atoms with Crippen LogP contribution in [0.15, 0.2) is 0 Å². The first kappa shape index (κ1) is 16.4. The van der Waals surface area contributed by atoms with Gasteiger partial charge in [-0.1, -0.05) is 19.8 Å². The van der Waals surface area contributed by atoms with Crippen LogP contribution in [0, 0.1) is 11.3 Å². The molecule has 0 aliphatic rings. The Morgan fingerprint density at radius 3 is 2.41 bits per heavy atom. The second-order valence-corrected chi connectivity index (χ2v) is 5.34. The maximum atomic E-state index is 9.22. The Morgan fingerprint density at radius 1 is 1.29 bits per heavy atom. The first-order valence-corrected chi connectivity index (χ1v) is 6.74. The van der Waals surface area contributed by atoms with Crippen LogP contribution in [0.2, 0.25) is 0 Å². The van der Waals surface area contributed by atoms with Crippen molar-refractivity contribution in [1.29, 1.82) is 5.26 Å². The Hall–Kier alpha value is -0.590. The molecule has 0 aliphatic heterocycles. The summed E-state index contributed by atoms with van der Waals surface area (Å²) in [5.41, 5.74) is -0.488. The van der Waals surface area contributed by atoms with Crippen LogP contribution < -0.4 is 5.32 Å². The third-order valence-electron chi connectivity index (χ3n) is 2.70. The lowest BCUT2D eigenvalue weighted by Gasteiger charge is -2.28. The summed E-state index contributed by atoms with van der Waals surface area (Å²) in [5.74, 6) is 0. The minimum Gasteiger partial charge on any atom is -0.378 e. The fourth-order valence-electron chi connectivity index (χ4n) is 2.04. The topological polar surface area (TPSA) is 45.0 Å². The van der Waals surface area contributed by atoms with E-state index >= 15 is 0 Å². The molecule has 0 aromatic rings. The van der Waals surface area contributed by atoms with Crippen molar-refractivity contribution in [3.05, 3.63) is 0 Å². The smallest absolute Gasteiger partial charge is 0.106 e. The first-order chi connectivity index (χ1) is 7.93. The highest BCUT2D eigenvalue weighted by atomic mass is 16.5. The normalized spacial score (nSPS) is 16.5. The van der Waals surface area contributed by atoms with Crippen LogP contribution in [-0.2, 0) is 4.74 Å². The van der Waals surface area contributed by atoms with E-state index in [9.17, 15) is 5.26 Å². The van der Waals surface area contributed by atoms with E-state index in [4.69, 9.17) is 4.74 Å². The second-order valence-electron chi connectivity index (χ2n) is 5.34. The van der Waals surface area contributed by atoms with Gasteiger partial charge in [-0.05, 0) is 34.1 Å². The summed E-state index contributed by atoms with van der Waals surface area (Å²) in [6.45, 7) is 11.1. The third kappa shape index (κ3) is 8.18. The van der Waals surface area contributed by atoms with Gasteiger partial charge in [0.05, 0.1) is 12.2 Å². The molecule has 0 radical (unpaired) electrons. The third-order valence-corrected chi connectivity index (χ3v) is 2.70. The Morgan fingerprint density at radius 2 is 1.94 bits per heavy atom. The molecule has 3 heteroatoms. The molecule has 0 fully saturated rings. The van der Waals surface area contributed by atoms with Crippen LogP contribution in [0.3, 0.4) is 0 Å². The van der Waals surface area contributed by atoms with Crippen molar-refractivity contribution in [2.75, 3.05) is 6.61 Å². The number of nitriles is 1. The van der Waals surface area contributed by atoms with Gasteiger partial charge < -0.3 is 4.74 Å². The van der Waals surface area contributed by atoms with Crippen LogP contribution in [0.1, 0.15) is 60.3 Å². The van der Waals surface area contributed by atoms with Crippen LogP contribution in [0.25, 0.3) is 0 Å². The zero-order chi connectivity index (χ0) is 13.3. The predicted octanol–water partition coefficient (Wildman–Crippen LogP) is 3.25. The van der Waals surface area contributed by atoms with Gasteiger partial charge in [-0.25, -0.2) is 0 Å². The number of unbranched alkanes of at least 4 members (excludes halogenated alkanes) is 2. The van der Waals surface area contributed by atoms with Crippen molar-refractivity contribution in [1.82, 2.24) is 5.32 Å². The zero-order valence-corrected chi connectivity index (χ0v) is 12.0. The van der Waals surface area contributed by atoms with Crippen molar-refractivity contribution in [2.24, 2.45) is 0 Å². The number of hydrogen-bond acceptors (Lipinski definition) is 3. The van der Waals surface area contributed by atoms with Crippen molar-refractivity contribution in [3.63, 3.8) is 0 Å². The standard InChI is InChI=1S/C14H28N2O/c1-6-7-8-9-17-13(4)10-14(5,11-15)16-12(2)3/h12-13,16H,6-10H2,1-5H3. The van der Waals surface area contributed by atoms with E-state index in [1.807, 2.05) is 13.8 Å². The summed E-state index contributed by atoms with van der Waals surface area (Å²) in [6.07, 6.45) is 4.40. The van der Waals surface area contributed by atoms with Crippen LogP contribution >= 0.6 is 0 Å². The fourth-order valence-corrected chi connectivity index (χ4v) is 2.04. The molecule has 0 aromatic heterocycles. The number of ether oxygens (including phenoxy) is 1. The molecule has 0 bridgehead atoms. The van der Waals surface area contributed by atoms with Crippen LogP contribution in [0.4, 0.5) is 0 Å². The quantitative estimate of drug-likeness (QED) is 0.629. The first-order valence-electron chi connectivity index (χ1n) is 6.74. The van der Waals surface area contributed by atoms with E-state index in [2.05, 4.69) is 32.2 Å². The minimum absolute atomic E-state index is 0.128. The molecular formula is C14H28N2O. The summed E-state index contributed by atoms with van der Waals surface area (Å²) in [6, 6.07) is 2.66. The highest BCUT2D eigenvalue weighted by Crippen LogP contribution is 2.15. The van der Waals surface area contributed by atoms with E-state index < -0.39 is 5.54 Å². The van der Waals surface area contributed by atoms with E-state index in [0.717, 1.165) is 19.4 Å². The molecule has 0 spiro atoms. The number of nitrogens with zero attached hydrogens (tertiary/aromatic N) is 1. The van der Waals surface area contributed by atoms with Gasteiger partial charge in [0.1, 0.15) is 5.54 Å². The molecule has 0 heterocycles. The molecule has 1 N–H and O–H groups in total. The van der Waals surface area contributed by atoms with Gasteiger partial charge in [-0.15, -0.1) is 0 Å². The highest BCUT2D eigenvalue weighted by Gasteiger charge is 2.27. The molecule has 0 aliphatic carbocycles. The average molecular weight is 240 g/mol. The number of nitrogens with one attached hydrogen (secondary N) is 1. The molecular weight excluding hydrogens is 212 g/mol. The Bertz CT molecular complexity index is 235. The van der Waals surface area contributed by atoms with Gasteiger partial charge in [0.2, 0.25) is 0 Å². The molecule has 0 aromatic carbocycles. The second kappa shape index (κ2) is 8.49. The molecule has 2 atom stereocenters. The van der Waals surface area contributed by atoms with E-state index in [0.29, 0.717) is 6.04 Å². The SMILES string of the molecule is CCCCCOC(C)CC(C)(C#N)NC(C)C. The maximum Gasteiger partial charge on any atom is 0.106 e. The molecule has 0 amide bonds. The molecule has 0 saturated heterocycles. The monoisotopic (exact) mass is 240 g/mol. The Labute approximate surface area is 107 Å². The van der Waals surface area contributed by atoms with Gasteiger partial charge >= 0.3 is 0 Å². The van der Waals surface area contributed by atoms with Crippen molar-refractivity contribution < 1.29 is 4.74 Å². The predicted molar refractivity (Wildman–Crippen MR) is 71.8 cm³/mol. The lowest BCUT2D eigenvalue weighted by molar-refractivity contribution is 0.0444. The van der Waals surface area contributed by atoms with Crippen molar-refractivity contribution in [2.45, 2.75) is 78.0 Å².